The van der Waals surface area contributed by atoms with E-state index in [2.05, 4.69) is 34.6 Å². The number of halogens is 1. The smallest absolute Gasteiger partial charge is 0.341 e. The summed E-state index contributed by atoms with van der Waals surface area (Å²) in [7, 11) is 0. The molecule has 1 aliphatic rings. The highest BCUT2D eigenvalue weighted by Gasteiger charge is 2.37. The van der Waals surface area contributed by atoms with Gasteiger partial charge in [-0.05, 0) is 31.4 Å². The second kappa shape index (κ2) is 5.45. The number of hydrogen-bond donors (Lipinski definition) is 1. The normalized spacial score (nSPS) is 20.8. The van der Waals surface area contributed by atoms with Crippen molar-refractivity contribution in [1.29, 1.82) is 0 Å². The SMILES string of the molecule is CC(C)(C)CC(C)(C)[NH+]1C=CC=CC1=O.[I-]. The summed E-state index contributed by atoms with van der Waals surface area (Å²) in [6.07, 6.45) is 8.37. The van der Waals surface area contributed by atoms with E-state index in [1.54, 1.807) is 12.2 Å². The summed E-state index contributed by atoms with van der Waals surface area (Å²) in [4.78, 5) is 12.7. The Kier molecular flexibility index (Phi) is 5.39. The molecule has 1 heterocycles. The van der Waals surface area contributed by atoms with Crippen molar-refractivity contribution in [3.8, 4) is 0 Å². The first-order valence-electron chi connectivity index (χ1n) is 5.49. The van der Waals surface area contributed by atoms with E-state index in [9.17, 15) is 4.79 Å². The maximum Gasteiger partial charge on any atom is 0.341 e. The molecule has 1 amide bonds. The summed E-state index contributed by atoms with van der Waals surface area (Å²) in [6, 6.07) is 0. The molecule has 0 aromatic rings. The van der Waals surface area contributed by atoms with Gasteiger partial charge in [0.25, 0.3) is 0 Å². The first kappa shape index (κ1) is 15.8. The van der Waals surface area contributed by atoms with Crippen LogP contribution in [0.3, 0.4) is 0 Å². The van der Waals surface area contributed by atoms with Gasteiger partial charge in [0, 0.05) is 12.5 Å². The lowest BCUT2D eigenvalue weighted by molar-refractivity contribution is -0.821. The van der Waals surface area contributed by atoms with E-state index >= 15 is 0 Å². The lowest BCUT2D eigenvalue weighted by Crippen LogP contribution is -3.18. The van der Waals surface area contributed by atoms with Crippen LogP contribution in [-0.2, 0) is 4.79 Å². The predicted octanol–water partition coefficient (Wildman–Crippen LogP) is -1.30. The van der Waals surface area contributed by atoms with Gasteiger partial charge < -0.3 is 24.0 Å². The summed E-state index contributed by atoms with van der Waals surface area (Å²) < 4.78 is 0. The first-order valence-corrected chi connectivity index (χ1v) is 5.49. The molecule has 0 spiro atoms. The van der Waals surface area contributed by atoms with Gasteiger partial charge in [-0.15, -0.1) is 0 Å². The van der Waals surface area contributed by atoms with Crippen molar-refractivity contribution >= 4 is 5.91 Å². The van der Waals surface area contributed by atoms with Crippen LogP contribution in [0.2, 0.25) is 0 Å². The molecule has 0 aromatic carbocycles. The maximum atomic E-state index is 11.8. The molecule has 1 rings (SSSR count). The fourth-order valence-electron chi connectivity index (χ4n) is 2.45. The number of carbonyl (C=O) groups is 1. The van der Waals surface area contributed by atoms with Crippen molar-refractivity contribution in [2.24, 2.45) is 5.41 Å². The summed E-state index contributed by atoms with van der Waals surface area (Å²) in [5, 5.41) is 0. The van der Waals surface area contributed by atoms with Crippen molar-refractivity contribution in [2.45, 2.75) is 46.6 Å². The Morgan fingerprint density at radius 2 is 1.69 bits per heavy atom. The number of rotatable bonds is 2. The van der Waals surface area contributed by atoms with Crippen LogP contribution in [0.5, 0.6) is 0 Å². The zero-order valence-corrected chi connectivity index (χ0v) is 13.0. The number of amides is 1. The zero-order chi connectivity index (χ0) is 11.7. The molecule has 1 aliphatic heterocycles. The van der Waals surface area contributed by atoms with Gasteiger partial charge in [-0.2, -0.15) is 0 Å². The van der Waals surface area contributed by atoms with Crippen LogP contribution in [0.4, 0.5) is 0 Å². The third kappa shape index (κ3) is 4.37. The van der Waals surface area contributed by atoms with E-state index in [4.69, 9.17) is 0 Å². The second-order valence-electron chi connectivity index (χ2n) is 6.12. The van der Waals surface area contributed by atoms with Crippen LogP contribution >= 0.6 is 0 Å². The van der Waals surface area contributed by atoms with Gasteiger partial charge >= 0.3 is 5.91 Å². The van der Waals surface area contributed by atoms with E-state index < -0.39 is 0 Å². The minimum atomic E-state index is -0.0450. The topological polar surface area (TPSA) is 21.5 Å². The van der Waals surface area contributed by atoms with Crippen LogP contribution in [0.25, 0.3) is 0 Å². The molecule has 1 N–H and O–H groups in total. The molecule has 2 nitrogen and oxygen atoms in total. The lowest BCUT2D eigenvalue weighted by atomic mass is 9.80. The maximum absolute atomic E-state index is 11.8. The first-order chi connectivity index (χ1) is 6.72. The highest BCUT2D eigenvalue weighted by molar-refractivity contribution is 5.81. The van der Waals surface area contributed by atoms with Gasteiger partial charge in [-0.3, -0.25) is 0 Å². The second-order valence-corrected chi connectivity index (χ2v) is 6.12. The third-order valence-electron chi connectivity index (χ3n) is 2.59. The Labute approximate surface area is 116 Å². The zero-order valence-electron chi connectivity index (χ0n) is 10.8. The highest BCUT2D eigenvalue weighted by atomic mass is 127. The molecular weight excluding hydrogens is 313 g/mol. The van der Waals surface area contributed by atoms with E-state index in [-0.39, 0.29) is 40.8 Å². The highest BCUT2D eigenvalue weighted by Crippen LogP contribution is 2.25. The summed E-state index contributed by atoms with van der Waals surface area (Å²) in [5.41, 5.74) is 0.197. The van der Waals surface area contributed by atoms with Crippen LogP contribution in [0.1, 0.15) is 41.0 Å². The largest absolute Gasteiger partial charge is 1.00 e. The summed E-state index contributed by atoms with van der Waals surface area (Å²) in [6.45, 7) is 10.9. The van der Waals surface area contributed by atoms with E-state index in [0.717, 1.165) is 11.3 Å². The lowest BCUT2D eigenvalue weighted by Gasteiger charge is -2.35. The molecule has 0 saturated carbocycles. The molecule has 0 bridgehead atoms. The quantitative estimate of drug-likeness (QED) is 0.623. The van der Waals surface area contributed by atoms with Gasteiger partial charge in [0.15, 0.2) is 0 Å². The van der Waals surface area contributed by atoms with Crippen molar-refractivity contribution in [3.63, 3.8) is 0 Å². The average Bonchev–Trinajstić information content (AvgIpc) is 1.99. The minimum absolute atomic E-state index is 0. The van der Waals surface area contributed by atoms with Crippen molar-refractivity contribution in [3.05, 3.63) is 24.4 Å². The Hall–Kier alpha value is -0.160. The fourth-order valence-corrected chi connectivity index (χ4v) is 2.45. The number of hydrogen-bond acceptors (Lipinski definition) is 1. The molecule has 0 aromatic heterocycles. The van der Waals surface area contributed by atoms with Crippen LogP contribution < -0.4 is 28.9 Å². The van der Waals surface area contributed by atoms with E-state index in [1.807, 2.05) is 12.3 Å². The molecule has 92 valence electrons. The summed E-state index contributed by atoms with van der Waals surface area (Å²) in [5.74, 6) is 0.159. The van der Waals surface area contributed by atoms with Crippen molar-refractivity contribution < 1.29 is 33.7 Å². The number of carbonyl (C=O) groups excluding carboxylic acids is 1. The molecule has 0 aliphatic carbocycles. The number of nitrogens with one attached hydrogen (secondary N) is 1. The van der Waals surface area contributed by atoms with Gasteiger partial charge in [-0.1, -0.05) is 20.8 Å². The molecule has 3 heteroatoms. The van der Waals surface area contributed by atoms with Crippen molar-refractivity contribution in [2.75, 3.05) is 0 Å². The average molecular weight is 335 g/mol. The van der Waals surface area contributed by atoms with Crippen LogP contribution in [0, 0.1) is 5.41 Å². The Morgan fingerprint density at radius 1 is 1.12 bits per heavy atom. The molecule has 1 atom stereocenters. The molecule has 16 heavy (non-hydrogen) atoms. The molecule has 0 radical (unpaired) electrons. The molecule has 0 fully saturated rings. The van der Waals surface area contributed by atoms with Gasteiger partial charge in [-0.25, -0.2) is 9.69 Å². The molecule has 1 unspecified atom stereocenters. The van der Waals surface area contributed by atoms with E-state index in [0.29, 0.717) is 0 Å². The standard InChI is InChI=1S/C13H21NO.HI/c1-12(2,3)10-13(4,5)14-9-7-6-8-11(14)15;/h6-9H,10H2,1-5H3;1H. The minimum Gasteiger partial charge on any atom is -1.00 e. The summed E-state index contributed by atoms with van der Waals surface area (Å²) >= 11 is 0. The number of allylic oxidation sites excluding steroid dienone is 2. The Balaban J connectivity index is 0.00000225. The van der Waals surface area contributed by atoms with Gasteiger partial charge in [0.2, 0.25) is 0 Å². The van der Waals surface area contributed by atoms with Crippen molar-refractivity contribution in [1.82, 2.24) is 0 Å². The van der Waals surface area contributed by atoms with Gasteiger partial charge in [0.1, 0.15) is 11.7 Å². The Morgan fingerprint density at radius 3 is 2.12 bits per heavy atom. The Bertz CT molecular complexity index is 310. The third-order valence-corrected chi connectivity index (χ3v) is 2.59. The molecule has 0 saturated heterocycles. The monoisotopic (exact) mass is 335 g/mol. The predicted molar refractivity (Wildman–Crippen MR) is 62.4 cm³/mol. The van der Waals surface area contributed by atoms with Crippen LogP contribution in [0.15, 0.2) is 24.4 Å². The fraction of sp³-hybridized carbons (Fsp3) is 0.615. The van der Waals surface area contributed by atoms with Crippen LogP contribution in [-0.4, -0.2) is 11.4 Å². The number of quaternary nitrogens is 1. The van der Waals surface area contributed by atoms with E-state index in [1.165, 1.54) is 0 Å². The van der Waals surface area contributed by atoms with Gasteiger partial charge in [0.05, 0.1) is 0 Å². The molecular formula is C13H22INO.